The Hall–Kier alpha value is -2.27. The number of nitrogens with zero attached hydrogens (tertiary/aromatic N) is 3. The van der Waals surface area contributed by atoms with E-state index in [4.69, 9.17) is 11.6 Å². The van der Waals surface area contributed by atoms with Gasteiger partial charge in [0.05, 0.1) is 27.3 Å². The highest BCUT2D eigenvalue weighted by molar-refractivity contribution is 7.89. The van der Waals surface area contributed by atoms with Gasteiger partial charge in [0.25, 0.3) is 5.56 Å². The van der Waals surface area contributed by atoms with Gasteiger partial charge < -0.3 is 5.32 Å². The largest absolute Gasteiger partial charge is 0.325 e. The summed E-state index contributed by atoms with van der Waals surface area (Å²) in [4.78, 5) is 31.4. The summed E-state index contributed by atoms with van der Waals surface area (Å²) in [6, 6.07) is 4.21. The quantitative estimate of drug-likeness (QED) is 0.511. The van der Waals surface area contributed by atoms with E-state index in [0.717, 1.165) is 10.4 Å². The molecule has 3 aromatic rings. The van der Waals surface area contributed by atoms with Gasteiger partial charge in [-0.1, -0.05) is 25.4 Å². The van der Waals surface area contributed by atoms with Gasteiger partial charge >= 0.3 is 0 Å². The number of aryl methyl sites for hydroxylation is 3. The Labute approximate surface area is 195 Å². The molecule has 0 saturated heterocycles. The predicted molar refractivity (Wildman–Crippen MR) is 128 cm³/mol. The minimum atomic E-state index is -3.69. The van der Waals surface area contributed by atoms with E-state index >= 15 is 0 Å². The SMILES string of the molecule is CCN(CC)S(=O)(=O)c1ccc(Cl)c(NC(=O)CCn2cnc3sc(C)c(C)c3c2=O)c1. The molecule has 0 saturated carbocycles. The highest BCUT2D eigenvalue weighted by Crippen LogP contribution is 2.27. The number of benzene rings is 1. The average molecular weight is 497 g/mol. The van der Waals surface area contributed by atoms with Crippen LogP contribution >= 0.6 is 22.9 Å². The van der Waals surface area contributed by atoms with Crippen LogP contribution in [0.15, 0.2) is 34.2 Å². The molecule has 0 radical (unpaired) electrons. The highest BCUT2D eigenvalue weighted by Gasteiger charge is 2.23. The van der Waals surface area contributed by atoms with Gasteiger partial charge in [0.15, 0.2) is 0 Å². The normalized spacial score (nSPS) is 11.9. The second-order valence-corrected chi connectivity index (χ2v) is 10.8. The Bertz CT molecular complexity index is 1330. The standard InChI is InChI=1S/C21H25ClN4O4S2/c1-5-26(6-2)32(29,30)15-7-8-16(22)17(11-15)24-18(27)9-10-25-12-23-20-19(21(25)28)13(3)14(4)31-20/h7-8,11-12H,5-6,9-10H2,1-4H3,(H,24,27). The molecule has 32 heavy (non-hydrogen) atoms. The van der Waals surface area contributed by atoms with E-state index in [1.165, 1.54) is 44.7 Å². The monoisotopic (exact) mass is 496 g/mol. The number of anilines is 1. The summed E-state index contributed by atoms with van der Waals surface area (Å²) in [6.45, 7) is 8.14. The molecule has 172 valence electrons. The number of hydrogen-bond acceptors (Lipinski definition) is 6. The number of amides is 1. The summed E-state index contributed by atoms with van der Waals surface area (Å²) >= 11 is 7.64. The van der Waals surface area contributed by atoms with E-state index in [2.05, 4.69) is 10.3 Å². The summed E-state index contributed by atoms with van der Waals surface area (Å²) in [5.74, 6) is -0.394. The average Bonchev–Trinajstić information content (AvgIpc) is 3.04. The first kappa shape index (κ1) is 24.4. The Morgan fingerprint density at radius 2 is 1.94 bits per heavy atom. The van der Waals surface area contributed by atoms with Crippen molar-refractivity contribution < 1.29 is 13.2 Å². The molecular weight excluding hydrogens is 472 g/mol. The molecular formula is C21H25ClN4O4S2. The van der Waals surface area contributed by atoms with Crippen LogP contribution in [0, 0.1) is 13.8 Å². The number of carbonyl (C=O) groups is 1. The fourth-order valence-corrected chi connectivity index (χ4v) is 5.97. The molecule has 0 spiro atoms. The fourth-order valence-electron chi connectivity index (χ4n) is 3.34. The fraction of sp³-hybridized carbons (Fsp3) is 0.381. The zero-order valence-corrected chi connectivity index (χ0v) is 20.7. The van der Waals surface area contributed by atoms with Gasteiger partial charge in [0.1, 0.15) is 4.83 Å². The lowest BCUT2D eigenvalue weighted by molar-refractivity contribution is -0.116. The van der Waals surface area contributed by atoms with Crippen molar-refractivity contribution in [3.8, 4) is 0 Å². The number of carbonyl (C=O) groups excluding carboxylic acids is 1. The van der Waals surface area contributed by atoms with Gasteiger partial charge in [-0.25, -0.2) is 13.4 Å². The topological polar surface area (TPSA) is 101 Å². The Balaban J connectivity index is 1.77. The lowest BCUT2D eigenvalue weighted by Gasteiger charge is -2.19. The van der Waals surface area contributed by atoms with Crippen LogP contribution in [0.3, 0.4) is 0 Å². The number of thiophene rings is 1. The van der Waals surface area contributed by atoms with Crippen molar-refractivity contribution in [2.45, 2.75) is 45.6 Å². The molecule has 3 rings (SSSR count). The molecule has 0 atom stereocenters. The second kappa shape index (κ2) is 9.70. The van der Waals surface area contributed by atoms with Crippen molar-refractivity contribution in [2.75, 3.05) is 18.4 Å². The van der Waals surface area contributed by atoms with E-state index in [0.29, 0.717) is 23.3 Å². The van der Waals surface area contributed by atoms with Gasteiger partial charge in [0.2, 0.25) is 15.9 Å². The van der Waals surface area contributed by atoms with E-state index in [-0.39, 0.29) is 34.1 Å². The number of sulfonamides is 1. The molecule has 2 heterocycles. The molecule has 1 amide bonds. The molecule has 1 aromatic carbocycles. The Morgan fingerprint density at radius 3 is 2.59 bits per heavy atom. The number of fused-ring (bicyclic) bond motifs is 1. The first-order valence-corrected chi connectivity index (χ1v) is 12.8. The molecule has 0 aliphatic carbocycles. The van der Waals surface area contributed by atoms with E-state index < -0.39 is 15.9 Å². The maximum absolute atomic E-state index is 12.8. The van der Waals surface area contributed by atoms with Crippen LogP contribution in [0.1, 0.15) is 30.7 Å². The zero-order valence-electron chi connectivity index (χ0n) is 18.3. The van der Waals surface area contributed by atoms with Crippen molar-refractivity contribution in [2.24, 2.45) is 0 Å². The predicted octanol–water partition coefficient (Wildman–Crippen LogP) is 3.79. The third kappa shape index (κ3) is 4.73. The van der Waals surface area contributed by atoms with Gasteiger partial charge in [0, 0.05) is 30.9 Å². The summed E-state index contributed by atoms with van der Waals surface area (Å²) in [6.07, 6.45) is 1.44. The molecule has 0 aliphatic heterocycles. The van der Waals surface area contributed by atoms with Gasteiger partial charge in [-0.3, -0.25) is 14.2 Å². The third-order valence-electron chi connectivity index (χ3n) is 5.29. The summed E-state index contributed by atoms with van der Waals surface area (Å²) < 4.78 is 28.2. The zero-order chi connectivity index (χ0) is 23.6. The van der Waals surface area contributed by atoms with Crippen LogP contribution in [-0.4, -0.2) is 41.3 Å². The smallest absolute Gasteiger partial charge is 0.262 e. The maximum Gasteiger partial charge on any atom is 0.262 e. The van der Waals surface area contributed by atoms with Gasteiger partial charge in [-0.05, 0) is 37.6 Å². The van der Waals surface area contributed by atoms with Crippen LogP contribution in [-0.2, 0) is 21.4 Å². The van der Waals surface area contributed by atoms with Crippen LogP contribution in [0.25, 0.3) is 10.2 Å². The van der Waals surface area contributed by atoms with Crippen molar-refractivity contribution in [1.82, 2.24) is 13.9 Å². The molecule has 0 fully saturated rings. The van der Waals surface area contributed by atoms with Crippen LogP contribution < -0.4 is 10.9 Å². The van der Waals surface area contributed by atoms with Gasteiger partial charge in [-0.2, -0.15) is 4.31 Å². The Kier molecular flexibility index (Phi) is 7.39. The maximum atomic E-state index is 12.8. The van der Waals surface area contributed by atoms with Crippen molar-refractivity contribution in [1.29, 1.82) is 0 Å². The summed E-state index contributed by atoms with van der Waals surface area (Å²) in [5.41, 5.74) is 0.921. The number of halogens is 1. The third-order valence-corrected chi connectivity index (χ3v) is 8.78. The molecule has 8 nitrogen and oxygen atoms in total. The molecule has 0 aliphatic rings. The molecule has 1 N–H and O–H groups in total. The number of rotatable bonds is 8. The number of aromatic nitrogens is 2. The van der Waals surface area contributed by atoms with Crippen LogP contribution in [0.2, 0.25) is 5.02 Å². The lowest BCUT2D eigenvalue weighted by Crippen LogP contribution is -2.30. The van der Waals surface area contributed by atoms with Gasteiger partial charge in [-0.15, -0.1) is 11.3 Å². The van der Waals surface area contributed by atoms with E-state index in [1.54, 1.807) is 13.8 Å². The minimum absolute atomic E-state index is 0.00138. The second-order valence-electron chi connectivity index (χ2n) is 7.24. The molecule has 11 heteroatoms. The molecule has 2 aromatic heterocycles. The lowest BCUT2D eigenvalue weighted by atomic mass is 10.2. The summed E-state index contributed by atoms with van der Waals surface area (Å²) in [7, 11) is -3.69. The number of hydrogen-bond donors (Lipinski definition) is 1. The summed E-state index contributed by atoms with van der Waals surface area (Å²) in [5, 5.41) is 3.45. The Morgan fingerprint density at radius 1 is 1.25 bits per heavy atom. The highest BCUT2D eigenvalue weighted by atomic mass is 35.5. The van der Waals surface area contributed by atoms with Crippen molar-refractivity contribution in [3.63, 3.8) is 0 Å². The first-order valence-electron chi connectivity index (χ1n) is 10.1. The minimum Gasteiger partial charge on any atom is -0.325 e. The first-order chi connectivity index (χ1) is 15.1. The van der Waals surface area contributed by atoms with E-state index in [9.17, 15) is 18.0 Å². The molecule has 0 unspecified atom stereocenters. The van der Waals surface area contributed by atoms with E-state index in [1.807, 2.05) is 13.8 Å². The number of nitrogens with one attached hydrogen (secondary N) is 1. The van der Waals surface area contributed by atoms with Crippen LogP contribution in [0.4, 0.5) is 5.69 Å². The van der Waals surface area contributed by atoms with Crippen molar-refractivity contribution >= 4 is 54.8 Å². The van der Waals surface area contributed by atoms with Crippen LogP contribution in [0.5, 0.6) is 0 Å². The van der Waals surface area contributed by atoms with Crippen molar-refractivity contribution in [3.05, 3.63) is 50.3 Å². The molecule has 0 bridgehead atoms.